The third kappa shape index (κ3) is 5.65. The van der Waals surface area contributed by atoms with Crippen LogP contribution in [0.5, 0.6) is 0 Å². The van der Waals surface area contributed by atoms with Crippen LogP contribution in [-0.2, 0) is 19.3 Å². The van der Waals surface area contributed by atoms with Gasteiger partial charge in [0.05, 0.1) is 17.6 Å². The molecule has 0 saturated carbocycles. The molecule has 4 N–H and O–H groups in total. The average molecular weight is 473 g/mol. The highest BCUT2D eigenvalue weighted by molar-refractivity contribution is 5.77. The molecule has 4 aromatic heterocycles. The number of aromatic nitrogens is 6. The van der Waals surface area contributed by atoms with Crippen LogP contribution in [0.15, 0.2) is 36.9 Å². The first kappa shape index (κ1) is 24.7. The molecule has 0 aliphatic rings. The zero-order valence-corrected chi connectivity index (χ0v) is 21.3. The molecule has 0 fully saturated rings. The fraction of sp³-hybridized carbons (Fsp3) is 0.444. The Morgan fingerprint density at radius 2 is 1.60 bits per heavy atom. The van der Waals surface area contributed by atoms with Crippen molar-refractivity contribution in [3.05, 3.63) is 70.8 Å². The summed E-state index contributed by atoms with van der Waals surface area (Å²) in [6, 6.07) is 4.28. The number of fused-ring (bicyclic) bond motifs is 1. The molecule has 2 atom stereocenters. The van der Waals surface area contributed by atoms with E-state index in [2.05, 4.69) is 82.3 Å². The number of nitrogens with zero attached hydrogens (tertiary/aromatic N) is 5. The van der Waals surface area contributed by atoms with Crippen LogP contribution in [0.3, 0.4) is 0 Å². The summed E-state index contributed by atoms with van der Waals surface area (Å²) in [5, 5.41) is 7.56. The molecule has 0 aromatic carbocycles. The van der Waals surface area contributed by atoms with Crippen molar-refractivity contribution in [2.45, 2.75) is 78.1 Å². The molecule has 2 unspecified atom stereocenters. The number of aryl methyl sites for hydroxylation is 1. The molecule has 4 rings (SSSR count). The van der Waals surface area contributed by atoms with Crippen molar-refractivity contribution in [1.29, 1.82) is 0 Å². The first-order valence-corrected chi connectivity index (χ1v) is 12.5. The molecule has 0 bridgehead atoms. The Balaban J connectivity index is 1.41. The monoisotopic (exact) mass is 472 g/mol. The molecule has 8 heteroatoms. The average Bonchev–Trinajstić information content (AvgIpc) is 3.28. The van der Waals surface area contributed by atoms with Crippen LogP contribution >= 0.6 is 0 Å². The van der Waals surface area contributed by atoms with Crippen LogP contribution in [0.2, 0.25) is 0 Å². The van der Waals surface area contributed by atoms with Crippen LogP contribution in [-0.4, -0.2) is 30.1 Å². The van der Waals surface area contributed by atoms with Crippen molar-refractivity contribution in [3.63, 3.8) is 0 Å². The standard InChI is InChI=1S/C27H36N8/c1-6-7-21-11-22(29-15-24(21)33-28)17(4)8-20-13-31-27(32-14-20)18(5)9-19-10-23-26(30-12-19)25(16(2)3)35-34-23/h10-18,33H,6-9,28H2,1-5H3,(H,34,35). The van der Waals surface area contributed by atoms with E-state index in [0.717, 1.165) is 70.7 Å². The molecule has 0 spiro atoms. The summed E-state index contributed by atoms with van der Waals surface area (Å²) < 4.78 is 0. The van der Waals surface area contributed by atoms with Crippen molar-refractivity contribution >= 4 is 16.7 Å². The van der Waals surface area contributed by atoms with Gasteiger partial charge in [0, 0.05) is 36.1 Å². The first-order chi connectivity index (χ1) is 16.9. The van der Waals surface area contributed by atoms with E-state index < -0.39 is 0 Å². The second kappa shape index (κ2) is 10.9. The molecule has 8 nitrogen and oxygen atoms in total. The van der Waals surface area contributed by atoms with Crippen molar-refractivity contribution < 1.29 is 0 Å². The van der Waals surface area contributed by atoms with Gasteiger partial charge >= 0.3 is 0 Å². The van der Waals surface area contributed by atoms with E-state index in [1.807, 2.05) is 24.8 Å². The number of nitrogens with two attached hydrogens (primary N) is 1. The van der Waals surface area contributed by atoms with E-state index in [1.165, 1.54) is 5.56 Å². The second-order valence-corrected chi connectivity index (χ2v) is 9.82. The van der Waals surface area contributed by atoms with Crippen molar-refractivity contribution in [3.8, 4) is 0 Å². The highest BCUT2D eigenvalue weighted by Crippen LogP contribution is 2.25. The van der Waals surface area contributed by atoms with Gasteiger partial charge in [0.15, 0.2) is 0 Å². The van der Waals surface area contributed by atoms with E-state index in [9.17, 15) is 0 Å². The van der Waals surface area contributed by atoms with E-state index >= 15 is 0 Å². The van der Waals surface area contributed by atoms with Crippen molar-refractivity contribution in [2.75, 3.05) is 5.43 Å². The number of nitrogen functional groups attached to an aromatic ring is 1. The fourth-order valence-electron chi connectivity index (χ4n) is 4.49. The highest BCUT2D eigenvalue weighted by Gasteiger charge is 2.16. The third-order valence-electron chi connectivity index (χ3n) is 6.49. The van der Waals surface area contributed by atoms with E-state index in [1.54, 1.807) is 0 Å². The number of hydrazine groups is 1. The second-order valence-electron chi connectivity index (χ2n) is 9.82. The summed E-state index contributed by atoms with van der Waals surface area (Å²) >= 11 is 0. The number of nitrogens with one attached hydrogen (secondary N) is 2. The maximum Gasteiger partial charge on any atom is 0.131 e. The van der Waals surface area contributed by atoms with Crippen LogP contribution in [0.4, 0.5) is 5.69 Å². The van der Waals surface area contributed by atoms with Gasteiger partial charge in [0.25, 0.3) is 0 Å². The summed E-state index contributed by atoms with van der Waals surface area (Å²) in [5.74, 6) is 7.28. The van der Waals surface area contributed by atoms with Gasteiger partial charge in [-0.1, -0.05) is 41.0 Å². The topological polar surface area (TPSA) is 118 Å². The Morgan fingerprint density at radius 3 is 2.29 bits per heavy atom. The van der Waals surface area contributed by atoms with Gasteiger partial charge in [-0.05, 0) is 54.0 Å². The normalized spacial score (nSPS) is 13.3. The Morgan fingerprint density at radius 1 is 0.886 bits per heavy atom. The molecule has 0 aliphatic heterocycles. The van der Waals surface area contributed by atoms with Gasteiger partial charge in [-0.25, -0.2) is 9.97 Å². The minimum atomic E-state index is 0.179. The van der Waals surface area contributed by atoms with Crippen LogP contribution in [0.25, 0.3) is 11.0 Å². The number of pyridine rings is 2. The summed E-state index contributed by atoms with van der Waals surface area (Å²) in [6.07, 6.45) is 11.3. The molecule has 4 aromatic rings. The Bertz CT molecular complexity index is 1260. The summed E-state index contributed by atoms with van der Waals surface area (Å²) in [6.45, 7) is 10.8. The SMILES string of the molecule is CCCc1cc(C(C)Cc2cnc(C(C)Cc3cnc4c(C(C)C)[nH]nc4c3)nc2)ncc1NN. The minimum absolute atomic E-state index is 0.179. The van der Waals surface area contributed by atoms with Gasteiger partial charge < -0.3 is 5.43 Å². The fourth-order valence-corrected chi connectivity index (χ4v) is 4.49. The lowest BCUT2D eigenvalue weighted by Crippen LogP contribution is -2.11. The molecule has 4 heterocycles. The predicted molar refractivity (Wildman–Crippen MR) is 140 cm³/mol. The summed E-state index contributed by atoms with van der Waals surface area (Å²) in [5.41, 5.74) is 11.1. The zero-order chi connectivity index (χ0) is 24.9. The van der Waals surface area contributed by atoms with Gasteiger partial charge in [0.2, 0.25) is 0 Å². The molecule has 0 amide bonds. The number of hydrogen-bond donors (Lipinski definition) is 3. The predicted octanol–water partition coefficient (Wildman–Crippen LogP) is 5.20. The van der Waals surface area contributed by atoms with Crippen molar-refractivity contribution in [1.82, 2.24) is 30.1 Å². The number of anilines is 1. The van der Waals surface area contributed by atoms with Gasteiger partial charge in [-0.2, -0.15) is 5.10 Å². The summed E-state index contributed by atoms with van der Waals surface area (Å²) in [4.78, 5) is 18.6. The first-order valence-electron chi connectivity index (χ1n) is 12.5. The Hall–Kier alpha value is -3.39. The quantitative estimate of drug-likeness (QED) is 0.214. The molecular weight excluding hydrogens is 436 g/mol. The van der Waals surface area contributed by atoms with Crippen molar-refractivity contribution in [2.24, 2.45) is 5.84 Å². The van der Waals surface area contributed by atoms with Gasteiger partial charge in [0.1, 0.15) is 16.9 Å². The lowest BCUT2D eigenvalue weighted by atomic mass is 9.96. The third-order valence-corrected chi connectivity index (χ3v) is 6.49. The number of hydrogen-bond acceptors (Lipinski definition) is 7. The van der Waals surface area contributed by atoms with E-state index in [4.69, 9.17) is 5.84 Å². The lowest BCUT2D eigenvalue weighted by Gasteiger charge is -2.15. The maximum atomic E-state index is 5.64. The van der Waals surface area contributed by atoms with Crippen LogP contribution in [0, 0.1) is 0 Å². The largest absolute Gasteiger partial charge is 0.322 e. The maximum absolute atomic E-state index is 5.64. The number of aromatic amines is 1. The Labute approximate surface area is 207 Å². The minimum Gasteiger partial charge on any atom is -0.322 e. The molecule has 0 saturated heterocycles. The highest BCUT2D eigenvalue weighted by atomic mass is 15.2. The smallest absolute Gasteiger partial charge is 0.131 e. The van der Waals surface area contributed by atoms with Crippen LogP contribution in [0.1, 0.15) is 92.7 Å². The molecule has 0 aliphatic carbocycles. The lowest BCUT2D eigenvalue weighted by molar-refractivity contribution is 0.682. The number of rotatable bonds is 10. The molecule has 184 valence electrons. The molecular formula is C27H36N8. The summed E-state index contributed by atoms with van der Waals surface area (Å²) in [7, 11) is 0. The van der Waals surface area contributed by atoms with Gasteiger partial charge in [-0.3, -0.25) is 20.9 Å². The number of H-pyrrole nitrogens is 1. The van der Waals surface area contributed by atoms with E-state index in [0.29, 0.717) is 5.92 Å². The zero-order valence-electron chi connectivity index (χ0n) is 21.3. The van der Waals surface area contributed by atoms with E-state index in [-0.39, 0.29) is 11.8 Å². The van der Waals surface area contributed by atoms with Gasteiger partial charge in [-0.15, -0.1) is 0 Å². The van der Waals surface area contributed by atoms with Crippen LogP contribution < -0.4 is 11.3 Å². The molecule has 35 heavy (non-hydrogen) atoms. The molecule has 0 radical (unpaired) electrons. The Kier molecular flexibility index (Phi) is 7.70.